The number of hydrogen-bond donors (Lipinski definition) is 3. The molecule has 0 aromatic carbocycles. The van der Waals surface area contributed by atoms with E-state index in [1.807, 2.05) is 0 Å². The molecule has 2 atom stereocenters. The van der Waals surface area contributed by atoms with Gasteiger partial charge in [0.1, 0.15) is 5.70 Å². The molecule has 0 radical (unpaired) electrons. The number of amides is 2. The summed E-state index contributed by atoms with van der Waals surface area (Å²) < 4.78 is 5.67. The van der Waals surface area contributed by atoms with Crippen molar-refractivity contribution in [3.8, 4) is 0 Å². The zero-order valence-corrected chi connectivity index (χ0v) is 18.2. The number of likely N-dealkylation sites (tertiary alicyclic amines) is 1. The fourth-order valence-corrected chi connectivity index (χ4v) is 4.34. The normalized spacial score (nSPS) is 25.0. The molecule has 0 aromatic rings. The number of urea groups is 1. The number of fused-ring (bicyclic) bond motifs is 1. The van der Waals surface area contributed by atoms with Crippen molar-refractivity contribution in [1.82, 2.24) is 20.4 Å². The monoisotopic (exact) mass is 406 g/mol. The van der Waals surface area contributed by atoms with Crippen molar-refractivity contribution in [1.29, 1.82) is 0 Å². The number of carbonyl (C=O) groups excluding carboxylic acids is 1. The summed E-state index contributed by atoms with van der Waals surface area (Å²) in [6.07, 6.45) is 7.69. The Labute approximate surface area is 174 Å². The van der Waals surface area contributed by atoms with Crippen LogP contribution in [0.2, 0.25) is 0 Å². The maximum atomic E-state index is 12.5. The Balaban J connectivity index is 1.46. The molecule has 8 heteroatoms. The van der Waals surface area contributed by atoms with Gasteiger partial charge in [0.25, 0.3) is 6.02 Å². The molecule has 3 rings (SSSR count). The van der Waals surface area contributed by atoms with Gasteiger partial charge in [0.15, 0.2) is 12.0 Å². The molecule has 0 spiro atoms. The second kappa shape index (κ2) is 10.2. The molecule has 29 heavy (non-hydrogen) atoms. The lowest BCUT2D eigenvalue weighted by molar-refractivity contribution is 0.133. The van der Waals surface area contributed by atoms with Gasteiger partial charge in [-0.1, -0.05) is 19.8 Å². The highest BCUT2D eigenvalue weighted by Crippen LogP contribution is 2.25. The van der Waals surface area contributed by atoms with Crippen molar-refractivity contribution in [2.75, 3.05) is 26.2 Å². The van der Waals surface area contributed by atoms with Gasteiger partial charge in [0.2, 0.25) is 0 Å². The van der Waals surface area contributed by atoms with Crippen LogP contribution >= 0.6 is 0 Å². The number of ether oxygens (including phenoxy) is 1. The van der Waals surface area contributed by atoms with Crippen LogP contribution in [0.5, 0.6) is 0 Å². The molecule has 0 aromatic heterocycles. The number of aliphatic imine (C=N–C) groups is 1. The lowest BCUT2D eigenvalue weighted by Gasteiger charge is -2.35. The molecule has 3 aliphatic rings. The number of rotatable bonds is 9. The molecular formula is C21H38N6O2. The van der Waals surface area contributed by atoms with E-state index in [0.717, 1.165) is 31.6 Å². The highest BCUT2D eigenvalue weighted by molar-refractivity contribution is 5.85. The van der Waals surface area contributed by atoms with Crippen molar-refractivity contribution >= 4 is 12.1 Å². The van der Waals surface area contributed by atoms with Crippen LogP contribution < -0.4 is 16.4 Å². The van der Waals surface area contributed by atoms with Crippen LogP contribution in [0.4, 0.5) is 4.79 Å². The Bertz CT molecular complexity index is 633. The average molecular weight is 407 g/mol. The van der Waals surface area contributed by atoms with Gasteiger partial charge in [-0.2, -0.15) is 4.99 Å². The van der Waals surface area contributed by atoms with E-state index in [0.29, 0.717) is 36.7 Å². The van der Waals surface area contributed by atoms with Crippen LogP contribution in [0.25, 0.3) is 0 Å². The topological polar surface area (TPSA) is 95.2 Å². The smallest absolute Gasteiger partial charge is 0.323 e. The van der Waals surface area contributed by atoms with Gasteiger partial charge < -0.3 is 26.0 Å². The molecule has 8 nitrogen and oxygen atoms in total. The minimum atomic E-state index is -0.303. The predicted octanol–water partition coefficient (Wildman–Crippen LogP) is 2.53. The molecule has 164 valence electrons. The third-order valence-electron chi connectivity index (χ3n) is 6.12. The second-order valence-electron chi connectivity index (χ2n) is 8.68. The van der Waals surface area contributed by atoms with Crippen LogP contribution in [0.15, 0.2) is 16.5 Å². The molecule has 2 amide bonds. The van der Waals surface area contributed by atoms with Crippen LogP contribution in [-0.2, 0) is 4.74 Å². The highest BCUT2D eigenvalue weighted by atomic mass is 16.5. The van der Waals surface area contributed by atoms with Gasteiger partial charge in [0, 0.05) is 19.1 Å². The zero-order valence-electron chi connectivity index (χ0n) is 18.2. The number of piperidine rings is 1. The van der Waals surface area contributed by atoms with E-state index in [9.17, 15) is 4.79 Å². The fourth-order valence-electron chi connectivity index (χ4n) is 4.34. The van der Waals surface area contributed by atoms with Crippen LogP contribution in [0, 0.1) is 5.92 Å². The van der Waals surface area contributed by atoms with E-state index >= 15 is 0 Å². The van der Waals surface area contributed by atoms with Gasteiger partial charge in [-0.25, -0.2) is 4.79 Å². The maximum Gasteiger partial charge on any atom is 0.323 e. The van der Waals surface area contributed by atoms with Gasteiger partial charge in [0.05, 0.1) is 6.61 Å². The molecule has 2 saturated heterocycles. The summed E-state index contributed by atoms with van der Waals surface area (Å²) in [6.45, 7) is 10.4. The first kappa shape index (κ1) is 21.7. The van der Waals surface area contributed by atoms with E-state index in [-0.39, 0.29) is 12.2 Å². The average Bonchev–Trinajstić information content (AvgIpc) is 3.02. The number of nitrogens with zero attached hydrogens (tertiary/aromatic N) is 3. The Morgan fingerprint density at radius 3 is 2.90 bits per heavy atom. The first-order chi connectivity index (χ1) is 14.0. The zero-order chi connectivity index (χ0) is 20.8. The standard InChI is InChI=1S/C21H38N6O2/c1-4-5-13-29-20-24-18(22)17-19(25-20)27(21(28)23-17)12-7-6-9-16-10-8-11-26(14-16)15(2)3/h15-16,19H,4-14,22H2,1-3H3,(H,23,28)(H,24,25). The summed E-state index contributed by atoms with van der Waals surface area (Å²) in [5.41, 5.74) is 6.69. The Kier molecular flexibility index (Phi) is 7.64. The molecule has 0 saturated carbocycles. The molecule has 3 aliphatic heterocycles. The quantitative estimate of drug-likeness (QED) is 0.512. The van der Waals surface area contributed by atoms with Gasteiger partial charge >= 0.3 is 6.03 Å². The fraction of sp³-hybridized carbons (Fsp3) is 0.810. The number of carbonyl (C=O) groups is 1. The number of nitrogens with one attached hydrogen (secondary N) is 2. The first-order valence-electron chi connectivity index (χ1n) is 11.3. The SMILES string of the molecule is CCCCOC1=NC(N)=C2NC(=O)N(CCCCC3CCCN(C(C)C)C3)C2N1. The summed E-state index contributed by atoms with van der Waals surface area (Å²) >= 11 is 0. The summed E-state index contributed by atoms with van der Waals surface area (Å²) in [6, 6.07) is 0.922. The summed E-state index contributed by atoms with van der Waals surface area (Å²) in [5, 5.41) is 6.08. The highest BCUT2D eigenvalue weighted by Gasteiger charge is 2.39. The van der Waals surface area contributed by atoms with E-state index < -0.39 is 0 Å². The Morgan fingerprint density at radius 1 is 1.31 bits per heavy atom. The molecule has 2 unspecified atom stereocenters. The second-order valence-corrected chi connectivity index (χ2v) is 8.68. The lowest BCUT2D eigenvalue weighted by Crippen LogP contribution is -2.49. The predicted molar refractivity (Wildman–Crippen MR) is 115 cm³/mol. The third-order valence-corrected chi connectivity index (χ3v) is 6.12. The van der Waals surface area contributed by atoms with Gasteiger partial charge in [-0.05, 0) is 58.4 Å². The van der Waals surface area contributed by atoms with Crippen LogP contribution in [-0.4, -0.2) is 60.3 Å². The van der Waals surface area contributed by atoms with Crippen LogP contribution in [0.3, 0.4) is 0 Å². The summed E-state index contributed by atoms with van der Waals surface area (Å²) in [5.74, 6) is 1.11. The third kappa shape index (κ3) is 5.56. The Hall–Kier alpha value is -1.96. The van der Waals surface area contributed by atoms with Crippen molar-refractivity contribution in [3.63, 3.8) is 0 Å². The molecule has 0 aliphatic carbocycles. The lowest BCUT2D eigenvalue weighted by atomic mass is 9.92. The summed E-state index contributed by atoms with van der Waals surface area (Å²) in [4.78, 5) is 21.1. The molecule has 2 fully saturated rings. The minimum Gasteiger partial charge on any atom is -0.465 e. The number of hydrogen-bond acceptors (Lipinski definition) is 6. The summed E-state index contributed by atoms with van der Waals surface area (Å²) in [7, 11) is 0. The largest absolute Gasteiger partial charge is 0.465 e. The van der Waals surface area contributed by atoms with E-state index in [1.165, 1.54) is 32.4 Å². The minimum absolute atomic E-state index is 0.117. The van der Waals surface area contributed by atoms with E-state index in [2.05, 4.69) is 41.3 Å². The van der Waals surface area contributed by atoms with E-state index in [4.69, 9.17) is 10.5 Å². The van der Waals surface area contributed by atoms with Crippen LogP contribution in [0.1, 0.15) is 65.7 Å². The van der Waals surface area contributed by atoms with Gasteiger partial charge in [-0.3, -0.25) is 4.90 Å². The number of amidine groups is 1. The Morgan fingerprint density at radius 2 is 2.14 bits per heavy atom. The molecular weight excluding hydrogens is 368 g/mol. The van der Waals surface area contributed by atoms with Crippen molar-refractivity contribution in [2.24, 2.45) is 16.6 Å². The van der Waals surface area contributed by atoms with Crippen molar-refractivity contribution < 1.29 is 9.53 Å². The van der Waals surface area contributed by atoms with Crippen molar-refractivity contribution in [3.05, 3.63) is 11.5 Å². The number of nitrogens with two attached hydrogens (primary N) is 1. The van der Waals surface area contributed by atoms with Gasteiger partial charge in [-0.15, -0.1) is 0 Å². The molecule has 0 bridgehead atoms. The molecule has 3 heterocycles. The maximum absolute atomic E-state index is 12.5. The van der Waals surface area contributed by atoms with Crippen molar-refractivity contribution in [2.45, 2.75) is 77.9 Å². The molecule has 4 N–H and O–H groups in total. The number of unbranched alkanes of at least 4 members (excludes halogenated alkanes) is 2. The first-order valence-corrected chi connectivity index (χ1v) is 11.3. The van der Waals surface area contributed by atoms with E-state index in [1.54, 1.807) is 4.90 Å².